The van der Waals surface area contributed by atoms with E-state index in [1.807, 2.05) is 35.0 Å². The third kappa shape index (κ3) is 4.20. The minimum Gasteiger partial charge on any atom is -0.496 e. The number of thiophene rings is 1. The number of thiazole rings is 1. The summed E-state index contributed by atoms with van der Waals surface area (Å²) in [5, 5.41) is 5.05. The molecule has 3 heterocycles. The van der Waals surface area contributed by atoms with Gasteiger partial charge in [0.05, 0.1) is 36.5 Å². The minimum atomic E-state index is -0.394. The van der Waals surface area contributed by atoms with Gasteiger partial charge in [-0.2, -0.15) is 0 Å². The molecule has 148 valence electrons. The van der Waals surface area contributed by atoms with E-state index in [4.69, 9.17) is 9.47 Å². The fourth-order valence-electron chi connectivity index (χ4n) is 2.81. The zero-order valence-corrected chi connectivity index (χ0v) is 17.2. The third-order valence-corrected chi connectivity index (χ3v) is 6.02. The van der Waals surface area contributed by atoms with Crippen LogP contribution in [-0.4, -0.2) is 27.6 Å². The number of carbonyl (C=O) groups is 1. The average molecular weight is 428 g/mol. The summed E-state index contributed by atoms with van der Waals surface area (Å²) >= 11 is 2.88. The van der Waals surface area contributed by atoms with Crippen LogP contribution in [0.3, 0.4) is 0 Å². The molecule has 0 N–H and O–H groups in total. The van der Waals surface area contributed by atoms with Crippen molar-refractivity contribution in [3.8, 4) is 16.3 Å². The first-order valence-electron chi connectivity index (χ1n) is 8.82. The smallest absolute Gasteiger partial charge is 0.307 e. The van der Waals surface area contributed by atoms with Crippen molar-refractivity contribution in [2.45, 2.75) is 19.6 Å². The SMILES string of the molecule is COc1ccccc1-c1nc(COC(=O)CCn2cnc3sccc3c2=O)cs1. The van der Waals surface area contributed by atoms with E-state index in [0.717, 1.165) is 16.3 Å². The molecule has 0 unspecified atom stereocenters. The maximum Gasteiger partial charge on any atom is 0.307 e. The Morgan fingerprint density at radius 3 is 2.93 bits per heavy atom. The van der Waals surface area contributed by atoms with Gasteiger partial charge in [-0.3, -0.25) is 14.2 Å². The number of aryl methyl sites for hydroxylation is 1. The molecule has 9 heteroatoms. The lowest BCUT2D eigenvalue weighted by Crippen LogP contribution is -2.21. The fraction of sp³-hybridized carbons (Fsp3) is 0.200. The molecule has 4 aromatic rings. The van der Waals surface area contributed by atoms with E-state index < -0.39 is 5.97 Å². The van der Waals surface area contributed by atoms with E-state index in [1.54, 1.807) is 13.2 Å². The van der Waals surface area contributed by atoms with E-state index in [-0.39, 0.29) is 25.1 Å². The van der Waals surface area contributed by atoms with Crippen LogP contribution in [0.25, 0.3) is 20.8 Å². The van der Waals surface area contributed by atoms with Gasteiger partial charge in [-0.15, -0.1) is 22.7 Å². The number of methoxy groups -OCH3 is 1. The van der Waals surface area contributed by atoms with Gasteiger partial charge in [0, 0.05) is 11.9 Å². The Morgan fingerprint density at radius 2 is 2.07 bits per heavy atom. The van der Waals surface area contributed by atoms with Crippen molar-refractivity contribution in [2.75, 3.05) is 7.11 Å². The summed E-state index contributed by atoms with van der Waals surface area (Å²) in [6, 6.07) is 9.37. The second-order valence-corrected chi connectivity index (χ2v) is 7.89. The number of benzene rings is 1. The Bertz CT molecular complexity index is 1210. The predicted molar refractivity (Wildman–Crippen MR) is 112 cm³/mol. The Balaban J connectivity index is 1.34. The zero-order chi connectivity index (χ0) is 20.2. The number of ether oxygens (including phenoxy) is 2. The van der Waals surface area contributed by atoms with Gasteiger partial charge in [-0.05, 0) is 23.6 Å². The largest absolute Gasteiger partial charge is 0.496 e. The molecule has 0 saturated carbocycles. The molecular weight excluding hydrogens is 410 g/mol. The Hall–Kier alpha value is -3.04. The van der Waals surface area contributed by atoms with Gasteiger partial charge in [0.25, 0.3) is 5.56 Å². The number of para-hydroxylation sites is 1. The molecule has 29 heavy (non-hydrogen) atoms. The van der Waals surface area contributed by atoms with E-state index in [9.17, 15) is 9.59 Å². The van der Waals surface area contributed by atoms with Gasteiger partial charge in [0.2, 0.25) is 0 Å². The van der Waals surface area contributed by atoms with Crippen LogP contribution < -0.4 is 10.3 Å². The highest BCUT2D eigenvalue weighted by Gasteiger charge is 2.12. The summed E-state index contributed by atoms with van der Waals surface area (Å²) in [5.41, 5.74) is 1.42. The van der Waals surface area contributed by atoms with Crippen LogP contribution in [0.5, 0.6) is 5.75 Å². The van der Waals surface area contributed by atoms with Crippen molar-refractivity contribution in [3.63, 3.8) is 0 Å². The van der Waals surface area contributed by atoms with Crippen molar-refractivity contribution in [1.82, 2.24) is 14.5 Å². The lowest BCUT2D eigenvalue weighted by molar-refractivity contribution is -0.145. The topological polar surface area (TPSA) is 83.3 Å². The van der Waals surface area contributed by atoms with Crippen LogP contribution in [0.2, 0.25) is 0 Å². The molecule has 7 nitrogen and oxygen atoms in total. The number of fused-ring (bicyclic) bond motifs is 1. The van der Waals surface area contributed by atoms with Crippen LogP contribution in [0.4, 0.5) is 0 Å². The van der Waals surface area contributed by atoms with Crippen LogP contribution >= 0.6 is 22.7 Å². The summed E-state index contributed by atoms with van der Waals surface area (Å²) < 4.78 is 12.1. The predicted octanol–water partition coefficient (Wildman–Crippen LogP) is 3.72. The summed E-state index contributed by atoms with van der Waals surface area (Å²) in [4.78, 5) is 33.9. The molecule has 3 aromatic heterocycles. The molecule has 0 aliphatic rings. The Kier molecular flexibility index (Phi) is 5.68. The van der Waals surface area contributed by atoms with Crippen LogP contribution in [-0.2, 0) is 22.7 Å². The first-order chi connectivity index (χ1) is 14.2. The molecular formula is C20H17N3O4S2. The van der Waals surface area contributed by atoms with Gasteiger partial charge < -0.3 is 9.47 Å². The van der Waals surface area contributed by atoms with Crippen molar-refractivity contribution in [3.05, 3.63) is 63.5 Å². The number of aromatic nitrogens is 3. The van der Waals surface area contributed by atoms with Crippen LogP contribution in [0.1, 0.15) is 12.1 Å². The van der Waals surface area contributed by atoms with Gasteiger partial charge in [-0.25, -0.2) is 9.97 Å². The second kappa shape index (κ2) is 8.54. The highest BCUT2D eigenvalue weighted by molar-refractivity contribution is 7.16. The first-order valence-corrected chi connectivity index (χ1v) is 10.6. The van der Waals surface area contributed by atoms with Crippen molar-refractivity contribution >= 4 is 38.9 Å². The number of hydrogen-bond acceptors (Lipinski definition) is 8. The summed E-state index contributed by atoms with van der Waals surface area (Å²) in [6.45, 7) is 0.307. The number of carbonyl (C=O) groups excluding carboxylic acids is 1. The quantitative estimate of drug-likeness (QED) is 0.418. The van der Waals surface area contributed by atoms with Crippen molar-refractivity contribution in [1.29, 1.82) is 0 Å². The second-order valence-electron chi connectivity index (χ2n) is 6.14. The average Bonchev–Trinajstić information content (AvgIpc) is 3.41. The summed E-state index contributed by atoms with van der Waals surface area (Å²) in [5.74, 6) is 0.348. The molecule has 4 rings (SSSR count). The minimum absolute atomic E-state index is 0.0841. The maximum atomic E-state index is 12.3. The van der Waals surface area contributed by atoms with E-state index in [0.29, 0.717) is 15.9 Å². The van der Waals surface area contributed by atoms with Crippen LogP contribution in [0, 0.1) is 0 Å². The van der Waals surface area contributed by atoms with Gasteiger partial charge >= 0.3 is 5.97 Å². The molecule has 1 aromatic carbocycles. The third-order valence-electron chi connectivity index (χ3n) is 4.28. The number of nitrogens with zero attached hydrogens (tertiary/aromatic N) is 3. The first kappa shape index (κ1) is 19.3. The monoisotopic (exact) mass is 427 g/mol. The molecule has 0 radical (unpaired) electrons. The summed E-state index contributed by atoms with van der Waals surface area (Å²) in [7, 11) is 1.62. The van der Waals surface area contributed by atoms with Gasteiger partial charge in [0.15, 0.2) is 0 Å². The standard InChI is InChI=1S/C20H17N3O4S2/c1-26-16-5-3-2-4-14(16)19-22-13(11-29-19)10-27-17(24)6-8-23-12-21-18-15(20(23)25)7-9-28-18/h2-5,7,9,11-12H,6,8,10H2,1H3. The molecule has 0 aliphatic heterocycles. The fourth-order valence-corrected chi connectivity index (χ4v) is 4.37. The van der Waals surface area contributed by atoms with E-state index >= 15 is 0 Å². The number of esters is 1. The van der Waals surface area contributed by atoms with Gasteiger partial charge in [0.1, 0.15) is 22.2 Å². The summed E-state index contributed by atoms with van der Waals surface area (Å²) in [6.07, 6.45) is 1.55. The lowest BCUT2D eigenvalue weighted by Gasteiger charge is -2.06. The molecule has 0 spiro atoms. The normalized spacial score (nSPS) is 10.9. The Labute approximate surface area is 174 Å². The molecule has 0 bridgehead atoms. The Morgan fingerprint density at radius 1 is 1.21 bits per heavy atom. The number of rotatable bonds is 7. The van der Waals surface area contributed by atoms with E-state index in [1.165, 1.54) is 33.6 Å². The number of hydrogen-bond donors (Lipinski definition) is 0. The highest BCUT2D eigenvalue weighted by Crippen LogP contribution is 2.31. The van der Waals surface area contributed by atoms with Crippen LogP contribution in [0.15, 0.2) is 52.2 Å². The molecule has 0 atom stereocenters. The van der Waals surface area contributed by atoms with E-state index in [2.05, 4.69) is 9.97 Å². The molecule has 0 amide bonds. The molecule has 0 fully saturated rings. The van der Waals surface area contributed by atoms with Crippen molar-refractivity contribution in [2.24, 2.45) is 0 Å². The highest BCUT2D eigenvalue weighted by atomic mass is 32.1. The van der Waals surface area contributed by atoms with Crippen molar-refractivity contribution < 1.29 is 14.3 Å². The zero-order valence-electron chi connectivity index (χ0n) is 15.5. The molecule has 0 aliphatic carbocycles. The van der Waals surface area contributed by atoms with Gasteiger partial charge in [-0.1, -0.05) is 12.1 Å². The lowest BCUT2D eigenvalue weighted by atomic mass is 10.2. The maximum absolute atomic E-state index is 12.3. The molecule has 0 saturated heterocycles.